The zero-order valence-corrected chi connectivity index (χ0v) is 16.6. The summed E-state index contributed by atoms with van der Waals surface area (Å²) in [5.41, 5.74) is 2.23. The quantitative estimate of drug-likeness (QED) is 0.359. The standard InChI is InChI=1S/C21H31N3O3/c1-4-26-13-6-11-22-21(23-12-10-19-7-5-14-27-19)24-16-18-9-8-17(2)15-20(18)25-3/h5,7-9,14-15H,4,6,10-13,16H2,1-3H3,(H2,22,23,24). The van der Waals surface area contributed by atoms with E-state index >= 15 is 0 Å². The van der Waals surface area contributed by atoms with E-state index in [1.54, 1.807) is 13.4 Å². The van der Waals surface area contributed by atoms with Crippen molar-refractivity contribution in [3.05, 3.63) is 53.5 Å². The van der Waals surface area contributed by atoms with Gasteiger partial charge in [0.15, 0.2) is 5.96 Å². The molecule has 0 aliphatic rings. The number of aryl methyl sites for hydroxylation is 1. The molecule has 0 atom stereocenters. The Balaban J connectivity index is 1.93. The molecule has 0 amide bonds. The monoisotopic (exact) mass is 373 g/mol. The zero-order valence-electron chi connectivity index (χ0n) is 16.6. The second kappa shape index (κ2) is 12.0. The van der Waals surface area contributed by atoms with Gasteiger partial charge in [0, 0.05) is 38.3 Å². The van der Waals surface area contributed by atoms with Crippen molar-refractivity contribution in [1.29, 1.82) is 0 Å². The van der Waals surface area contributed by atoms with Crippen LogP contribution in [-0.2, 0) is 17.7 Å². The summed E-state index contributed by atoms with van der Waals surface area (Å²) in [6, 6.07) is 10.1. The second-order valence-electron chi connectivity index (χ2n) is 6.21. The van der Waals surface area contributed by atoms with Crippen molar-refractivity contribution in [1.82, 2.24) is 10.6 Å². The molecule has 6 heteroatoms. The first kappa shape index (κ1) is 20.8. The summed E-state index contributed by atoms with van der Waals surface area (Å²) in [5.74, 6) is 2.60. The van der Waals surface area contributed by atoms with Gasteiger partial charge in [0.05, 0.1) is 19.9 Å². The Hall–Kier alpha value is -2.47. The largest absolute Gasteiger partial charge is 0.496 e. The molecule has 0 unspecified atom stereocenters. The van der Waals surface area contributed by atoms with E-state index in [-0.39, 0.29) is 0 Å². The normalized spacial score (nSPS) is 11.4. The lowest BCUT2D eigenvalue weighted by atomic mass is 10.1. The topological polar surface area (TPSA) is 68.0 Å². The predicted molar refractivity (Wildman–Crippen MR) is 108 cm³/mol. The fourth-order valence-electron chi connectivity index (χ4n) is 2.61. The molecule has 0 aliphatic heterocycles. The Kier molecular flexibility index (Phi) is 9.27. The van der Waals surface area contributed by atoms with Crippen molar-refractivity contribution in [3.8, 4) is 5.75 Å². The van der Waals surface area contributed by atoms with Crippen molar-refractivity contribution in [3.63, 3.8) is 0 Å². The molecule has 2 N–H and O–H groups in total. The summed E-state index contributed by atoms with van der Waals surface area (Å²) in [4.78, 5) is 4.71. The zero-order chi connectivity index (χ0) is 19.3. The highest BCUT2D eigenvalue weighted by Crippen LogP contribution is 2.20. The number of methoxy groups -OCH3 is 1. The second-order valence-corrected chi connectivity index (χ2v) is 6.21. The maximum atomic E-state index is 5.47. The van der Waals surface area contributed by atoms with Crippen LogP contribution in [0.3, 0.4) is 0 Å². The molecule has 6 nitrogen and oxygen atoms in total. The minimum atomic E-state index is 0.547. The number of ether oxygens (including phenoxy) is 2. The van der Waals surface area contributed by atoms with Crippen LogP contribution in [0.25, 0.3) is 0 Å². The van der Waals surface area contributed by atoms with Gasteiger partial charge in [-0.1, -0.05) is 12.1 Å². The van der Waals surface area contributed by atoms with Crippen LogP contribution in [-0.4, -0.2) is 39.4 Å². The molecule has 0 saturated carbocycles. The van der Waals surface area contributed by atoms with Crippen LogP contribution >= 0.6 is 0 Å². The first-order valence-corrected chi connectivity index (χ1v) is 9.48. The molecule has 0 bridgehead atoms. The number of rotatable bonds is 11. The summed E-state index contributed by atoms with van der Waals surface area (Å²) in [7, 11) is 1.69. The van der Waals surface area contributed by atoms with Gasteiger partial charge in [-0.25, -0.2) is 4.99 Å². The van der Waals surface area contributed by atoms with E-state index < -0.39 is 0 Å². The average molecular weight is 373 g/mol. The van der Waals surface area contributed by atoms with Crippen LogP contribution in [0.5, 0.6) is 5.75 Å². The fraction of sp³-hybridized carbons (Fsp3) is 0.476. The maximum absolute atomic E-state index is 5.47. The molecule has 148 valence electrons. The average Bonchev–Trinajstić information content (AvgIpc) is 3.19. The minimum absolute atomic E-state index is 0.547. The number of hydrogen-bond donors (Lipinski definition) is 2. The van der Waals surface area contributed by atoms with Crippen LogP contribution in [0.2, 0.25) is 0 Å². The highest BCUT2D eigenvalue weighted by Gasteiger charge is 2.05. The third kappa shape index (κ3) is 7.74. The van der Waals surface area contributed by atoms with E-state index in [4.69, 9.17) is 18.9 Å². The molecule has 2 aromatic rings. The molecular formula is C21H31N3O3. The number of furan rings is 1. The number of nitrogens with zero attached hydrogens (tertiary/aromatic N) is 1. The van der Waals surface area contributed by atoms with Gasteiger partial charge in [0.1, 0.15) is 11.5 Å². The summed E-state index contributed by atoms with van der Waals surface area (Å²) in [6.07, 6.45) is 3.43. The number of nitrogens with one attached hydrogen (secondary N) is 2. The van der Waals surface area contributed by atoms with Crippen molar-refractivity contribution >= 4 is 5.96 Å². The summed E-state index contributed by atoms with van der Waals surface area (Å²) < 4.78 is 16.2. The molecule has 1 aromatic carbocycles. The first-order valence-electron chi connectivity index (χ1n) is 9.48. The van der Waals surface area contributed by atoms with E-state index in [1.807, 2.05) is 25.1 Å². The Morgan fingerprint density at radius 2 is 2.04 bits per heavy atom. The molecule has 27 heavy (non-hydrogen) atoms. The summed E-state index contributed by atoms with van der Waals surface area (Å²) in [6.45, 7) is 7.64. The predicted octanol–water partition coefficient (Wildman–Crippen LogP) is 3.30. The molecule has 0 aliphatic carbocycles. The summed E-state index contributed by atoms with van der Waals surface area (Å²) in [5, 5.41) is 6.73. The highest BCUT2D eigenvalue weighted by molar-refractivity contribution is 5.79. The molecule has 0 spiro atoms. The van der Waals surface area contributed by atoms with Gasteiger partial charge in [0.25, 0.3) is 0 Å². The number of benzene rings is 1. The van der Waals surface area contributed by atoms with Crippen molar-refractivity contribution in [2.45, 2.75) is 33.2 Å². The van der Waals surface area contributed by atoms with Gasteiger partial charge in [-0.15, -0.1) is 0 Å². The summed E-state index contributed by atoms with van der Waals surface area (Å²) >= 11 is 0. The molecule has 0 radical (unpaired) electrons. The van der Waals surface area contributed by atoms with Gasteiger partial charge in [0.2, 0.25) is 0 Å². The van der Waals surface area contributed by atoms with Gasteiger partial charge in [-0.2, -0.15) is 0 Å². The molecule has 2 rings (SSSR count). The van der Waals surface area contributed by atoms with E-state index in [2.05, 4.69) is 29.7 Å². The van der Waals surface area contributed by atoms with Crippen molar-refractivity contribution in [2.24, 2.45) is 4.99 Å². The van der Waals surface area contributed by atoms with Crippen LogP contribution in [0, 0.1) is 6.92 Å². The van der Waals surface area contributed by atoms with Gasteiger partial charge >= 0.3 is 0 Å². The molecule has 0 fully saturated rings. The van der Waals surface area contributed by atoms with Gasteiger partial charge in [-0.05, 0) is 44.0 Å². The Bertz CT molecular complexity index is 684. The number of hydrogen-bond acceptors (Lipinski definition) is 4. The molecular weight excluding hydrogens is 342 g/mol. The highest BCUT2D eigenvalue weighted by atomic mass is 16.5. The Morgan fingerprint density at radius 3 is 2.78 bits per heavy atom. The van der Waals surface area contributed by atoms with Crippen LogP contribution in [0.1, 0.15) is 30.2 Å². The fourth-order valence-corrected chi connectivity index (χ4v) is 2.61. The Morgan fingerprint density at radius 1 is 1.19 bits per heavy atom. The smallest absolute Gasteiger partial charge is 0.191 e. The third-order valence-corrected chi connectivity index (χ3v) is 4.06. The van der Waals surface area contributed by atoms with Gasteiger partial charge < -0.3 is 24.5 Å². The maximum Gasteiger partial charge on any atom is 0.191 e. The van der Waals surface area contributed by atoms with E-state index in [1.165, 1.54) is 5.56 Å². The number of aliphatic imine (C=N–C) groups is 1. The molecule has 1 aromatic heterocycles. The number of guanidine groups is 1. The van der Waals surface area contributed by atoms with Crippen molar-refractivity contribution < 1.29 is 13.9 Å². The molecule has 0 saturated heterocycles. The lowest BCUT2D eigenvalue weighted by molar-refractivity contribution is 0.145. The van der Waals surface area contributed by atoms with Crippen LogP contribution in [0.4, 0.5) is 0 Å². The lowest BCUT2D eigenvalue weighted by Crippen LogP contribution is -2.39. The molecule has 1 heterocycles. The third-order valence-electron chi connectivity index (χ3n) is 4.06. The van der Waals surface area contributed by atoms with Crippen LogP contribution in [0.15, 0.2) is 46.0 Å². The van der Waals surface area contributed by atoms with E-state index in [0.29, 0.717) is 6.54 Å². The van der Waals surface area contributed by atoms with Gasteiger partial charge in [-0.3, -0.25) is 0 Å². The first-order chi connectivity index (χ1) is 13.2. The van der Waals surface area contributed by atoms with Crippen molar-refractivity contribution in [2.75, 3.05) is 33.4 Å². The lowest BCUT2D eigenvalue weighted by Gasteiger charge is -2.13. The SMILES string of the molecule is CCOCCCNC(=NCc1ccc(C)cc1OC)NCCc1ccco1. The minimum Gasteiger partial charge on any atom is -0.496 e. The van der Waals surface area contributed by atoms with Crippen LogP contribution < -0.4 is 15.4 Å². The van der Waals surface area contributed by atoms with E-state index in [9.17, 15) is 0 Å². The Labute approximate surface area is 162 Å². The van der Waals surface area contributed by atoms with E-state index in [0.717, 1.165) is 62.2 Å².